The zero-order valence-corrected chi connectivity index (χ0v) is 16.3. The van der Waals surface area contributed by atoms with E-state index in [-0.39, 0.29) is 11.6 Å². The van der Waals surface area contributed by atoms with Crippen molar-refractivity contribution in [3.8, 4) is 11.1 Å². The minimum atomic E-state index is -0.273. The molecule has 1 saturated carbocycles. The third-order valence-electron chi connectivity index (χ3n) is 5.14. The smallest absolute Gasteiger partial charge is 0.273 e. The zero-order valence-electron chi connectivity index (χ0n) is 15.5. The number of hydrogen-bond donors (Lipinski definition) is 1. The van der Waals surface area contributed by atoms with Gasteiger partial charge < -0.3 is 9.84 Å². The van der Waals surface area contributed by atoms with Gasteiger partial charge in [-0.15, -0.1) is 5.10 Å². The summed E-state index contributed by atoms with van der Waals surface area (Å²) in [4.78, 5) is 11.9. The largest absolute Gasteiger partial charge is 0.364 e. The molecule has 0 bridgehead atoms. The van der Waals surface area contributed by atoms with E-state index in [4.69, 9.17) is 11.6 Å². The number of carbonyl (C=O) groups is 1. The summed E-state index contributed by atoms with van der Waals surface area (Å²) in [5.74, 6) is 0.446. The van der Waals surface area contributed by atoms with Gasteiger partial charge in [0.15, 0.2) is 5.69 Å². The van der Waals surface area contributed by atoms with Crippen molar-refractivity contribution in [3.63, 3.8) is 0 Å². The van der Waals surface area contributed by atoms with Crippen molar-refractivity contribution in [1.82, 2.24) is 25.5 Å². The van der Waals surface area contributed by atoms with Crippen molar-refractivity contribution in [3.05, 3.63) is 65.0 Å². The van der Waals surface area contributed by atoms with Crippen molar-refractivity contribution in [1.29, 1.82) is 0 Å². The number of fused-ring (bicyclic) bond motifs is 1. The summed E-state index contributed by atoms with van der Waals surface area (Å²) in [7, 11) is 0. The summed E-state index contributed by atoms with van der Waals surface area (Å²) in [5.41, 5.74) is 4.83. The molecule has 0 aliphatic heterocycles. The Kier molecular flexibility index (Phi) is 4.52. The maximum absolute atomic E-state index is 11.9. The summed E-state index contributed by atoms with van der Waals surface area (Å²) < 4.78 is 6.63. The molecule has 7 nitrogen and oxygen atoms in total. The summed E-state index contributed by atoms with van der Waals surface area (Å²) in [6.07, 6.45) is 3.89. The average Bonchev–Trinajstić information content (AvgIpc) is 3.22. The fourth-order valence-electron chi connectivity index (χ4n) is 3.31. The summed E-state index contributed by atoms with van der Waals surface area (Å²) in [6.45, 7) is 1.30. The quantitative estimate of drug-likeness (QED) is 0.520. The first-order valence-electron chi connectivity index (χ1n) is 9.48. The van der Waals surface area contributed by atoms with Crippen LogP contribution in [0, 0.1) is 5.92 Å². The first-order valence-corrected chi connectivity index (χ1v) is 9.86. The third-order valence-corrected chi connectivity index (χ3v) is 5.52. The van der Waals surface area contributed by atoms with Gasteiger partial charge in [0.1, 0.15) is 11.8 Å². The molecule has 2 aromatic heterocycles. The van der Waals surface area contributed by atoms with Crippen LogP contribution in [0.1, 0.15) is 28.9 Å². The van der Waals surface area contributed by atoms with Crippen LogP contribution in [0.2, 0.25) is 5.02 Å². The number of nitrogens with one attached hydrogen (secondary N) is 1. The van der Waals surface area contributed by atoms with E-state index in [1.807, 2.05) is 41.1 Å². The standard InChI is InChI=1S/C21H18ClN5O2/c22-19-16(7-8-18-20(19)24-26-27(18)12-14-1-2-14)15-5-3-13(4-6-15)11-23-21(28)17-9-10-29-25-17/h3-10,14H,1-2,11-12H2,(H,23,28). The second-order valence-electron chi connectivity index (χ2n) is 7.27. The molecule has 0 spiro atoms. The Morgan fingerprint density at radius 2 is 2.00 bits per heavy atom. The van der Waals surface area contributed by atoms with E-state index in [2.05, 4.69) is 25.3 Å². The molecular formula is C21H18ClN5O2. The molecule has 1 amide bonds. The molecule has 5 rings (SSSR count). The topological polar surface area (TPSA) is 85.8 Å². The highest BCUT2D eigenvalue weighted by molar-refractivity contribution is 6.37. The highest BCUT2D eigenvalue weighted by Crippen LogP contribution is 2.35. The van der Waals surface area contributed by atoms with E-state index in [1.54, 1.807) is 0 Å². The summed E-state index contributed by atoms with van der Waals surface area (Å²) in [6, 6.07) is 13.5. The SMILES string of the molecule is O=C(NCc1ccc(-c2ccc3c(nnn3CC3CC3)c2Cl)cc1)c1ccon1. The van der Waals surface area contributed by atoms with Crippen LogP contribution in [-0.2, 0) is 13.1 Å². The van der Waals surface area contributed by atoms with Crippen LogP contribution >= 0.6 is 11.6 Å². The summed E-state index contributed by atoms with van der Waals surface area (Å²) in [5, 5.41) is 15.6. The molecule has 0 unspecified atom stereocenters. The summed E-state index contributed by atoms with van der Waals surface area (Å²) >= 11 is 6.65. The van der Waals surface area contributed by atoms with Crippen LogP contribution < -0.4 is 5.32 Å². The predicted molar refractivity (Wildman–Crippen MR) is 108 cm³/mol. The Morgan fingerprint density at radius 3 is 2.72 bits per heavy atom. The highest BCUT2D eigenvalue weighted by Gasteiger charge is 2.23. The lowest BCUT2D eigenvalue weighted by Crippen LogP contribution is -2.22. The van der Waals surface area contributed by atoms with Gasteiger partial charge in [-0.1, -0.05) is 52.3 Å². The van der Waals surface area contributed by atoms with Crippen LogP contribution in [0.5, 0.6) is 0 Å². The van der Waals surface area contributed by atoms with Crippen LogP contribution in [0.25, 0.3) is 22.2 Å². The maximum Gasteiger partial charge on any atom is 0.273 e. The minimum absolute atomic E-state index is 0.261. The number of hydrogen-bond acceptors (Lipinski definition) is 5. The maximum atomic E-state index is 11.9. The van der Waals surface area contributed by atoms with E-state index < -0.39 is 0 Å². The lowest BCUT2D eigenvalue weighted by molar-refractivity contribution is 0.0942. The molecule has 8 heteroatoms. The number of aromatic nitrogens is 4. The molecule has 1 aliphatic carbocycles. The molecule has 2 heterocycles. The lowest BCUT2D eigenvalue weighted by atomic mass is 10.0. The molecule has 146 valence electrons. The Hall–Kier alpha value is -3.19. The van der Waals surface area contributed by atoms with Gasteiger partial charge in [0.25, 0.3) is 5.91 Å². The normalized spacial score (nSPS) is 13.7. The first-order chi connectivity index (χ1) is 14.2. The molecule has 0 radical (unpaired) electrons. The molecule has 1 aliphatic rings. The van der Waals surface area contributed by atoms with Crippen molar-refractivity contribution in [2.24, 2.45) is 5.92 Å². The van der Waals surface area contributed by atoms with Gasteiger partial charge in [0, 0.05) is 24.7 Å². The first kappa shape index (κ1) is 17.9. The second-order valence-corrected chi connectivity index (χ2v) is 7.65. The number of rotatable bonds is 6. The van der Waals surface area contributed by atoms with Gasteiger partial charge in [0.2, 0.25) is 0 Å². The lowest BCUT2D eigenvalue weighted by Gasteiger charge is -2.08. The van der Waals surface area contributed by atoms with Crippen molar-refractivity contribution in [2.45, 2.75) is 25.9 Å². The number of halogens is 1. The molecular weight excluding hydrogens is 390 g/mol. The fraction of sp³-hybridized carbons (Fsp3) is 0.238. The van der Waals surface area contributed by atoms with Crippen molar-refractivity contribution >= 4 is 28.5 Å². The number of carbonyl (C=O) groups excluding carboxylic acids is 1. The minimum Gasteiger partial charge on any atom is -0.364 e. The molecule has 2 aromatic carbocycles. The van der Waals surface area contributed by atoms with Gasteiger partial charge >= 0.3 is 0 Å². The van der Waals surface area contributed by atoms with E-state index in [9.17, 15) is 4.79 Å². The molecule has 1 N–H and O–H groups in total. The van der Waals surface area contributed by atoms with E-state index in [0.29, 0.717) is 11.6 Å². The second kappa shape index (κ2) is 7.33. The van der Waals surface area contributed by atoms with Crippen LogP contribution in [0.3, 0.4) is 0 Å². The van der Waals surface area contributed by atoms with Gasteiger partial charge in [-0.3, -0.25) is 4.79 Å². The van der Waals surface area contributed by atoms with E-state index in [0.717, 1.165) is 40.2 Å². The number of benzene rings is 2. The molecule has 0 atom stereocenters. The molecule has 1 fully saturated rings. The third kappa shape index (κ3) is 3.61. The highest BCUT2D eigenvalue weighted by atomic mass is 35.5. The number of amides is 1. The zero-order chi connectivity index (χ0) is 19.8. The average molecular weight is 408 g/mol. The Morgan fingerprint density at radius 1 is 1.17 bits per heavy atom. The van der Waals surface area contributed by atoms with E-state index >= 15 is 0 Å². The van der Waals surface area contributed by atoms with Gasteiger partial charge in [-0.05, 0) is 36.0 Å². The molecule has 4 aromatic rings. The van der Waals surface area contributed by atoms with Gasteiger partial charge in [-0.2, -0.15) is 0 Å². The van der Waals surface area contributed by atoms with E-state index in [1.165, 1.54) is 25.2 Å². The Bertz CT molecular complexity index is 1160. The fourth-order valence-corrected chi connectivity index (χ4v) is 3.62. The Labute approximate surface area is 171 Å². The predicted octanol–water partition coefficient (Wildman–Crippen LogP) is 4.08. The van der Waals surface area contributed by atoms with Gasteiger partial charge in [0.05, 0.1) is 10.5 Å². The van der Waals surface area contributed by atoms with Crippen molar-refractivity contribution < 1.29 is 9.32 Å². The van der Waals surface area contributed by atoms with Crippen LogP contribution in [0.4, 0.5) is 0 Å². The molecule has 0 saturated heterocycles. The van der Waals surface area contributed by atoms with Crippen LogP contribution in [-0.4, -0.2) is 26.1 Å². The number of nitrogens with zero attached hydrogens (tertiary/aromatic N) is 4. The van der Waals surface area contributed by atoms with Gasteiger partial charge in [-0.25, -0.2) is 4.68 Å². The molecule has 29 heavy (non-hydrogen) atoms. The monoisotopic (exact) mass is 407 g/mol. The van der Waals surface area contributed by atoms with Crippen molar-refractivity contribution in [2.75, 3.05) is 0 Å². The Balaban J connectivity index is 1.33. The van der Waals surface area contributed by atoms with Crippen LogP contribution in [0.15, 0.2) is 53.3 Å².